The molecular weight excluding hydrogens is 356 g/mol. The minimum absolute atomic E-state index is 0.706. The van der Waals surface area contributed by atoms with Crippen molar-refractivity contribution in [3.05, 3.63) is 70.9 Å². The number of rotatable bonds is 4. The maximum absolute atomic E-state index is 4.69. The lowest BCUT2D eigenvalue weighted by Gasteiger charge is -2.28. The third kappa shape index (κ3) is 4.23. The van der Waals surface area contributed by atoms with Crippen LogP contribution in [0.4, 0.5) is 0 Å². The highest BCUT2D eigenvalue weighted by Crippen LogP contribution is 2.30. The minimum Gasteiger partial charge on any atom is -0.306 e. The van der Waals surface area contributed by atoms with Crippen LogP contribution in [-0.4, -0.2) is 40.0 Å². The summed E-state index contributed by atoms with van der Waals surface area (Å²) in [5.41, 5.74) is 8.06. The Balaban J connectivity index is 1.72. The van der Waals surface area contributed by atoms with E-state index in [-0.39, 0.29) is 0 Å². The van der Waals surface area contributed by atoms with Crippen molar-refractivity contribution in [3.63, 3.8) is 0 Å². The maximum atomic E-state index is 4.69. The molecule has 2 aromatic heterocycles. The van der Waals surface area contributed by atoms with Gasteiger partial charge in [0.05, 0.1) is 11.2 Å². The molecule has 0 N–H and O–H groups in total. The van der Waals surface area contributed by atoms with E-state index in [1.165, 1.54) is 59.3 Å². The molecule has 0 amide bonds. The molecule has 1 aliphatic heterocycles. The normalized spacial score (nSPS) is 16.5. The second-order valence-corrected chi connectivity index (χ2v) is 8.35. The van der Waals surface area contributed by atoms with Gasteiger partial charge >= 0.3 is 0 Å². The fourth-order valence-electron chi connectivity index (χ4n) is 4.37. The lowest BCUT2D eigenvalue weighted by Crippen LogP contribution is -2.31. The topological polar surface area (TPSA) is 41.9 Å². The average molecular weight is 387 g/mol. The minimum atomic E-state index is 0.706. The zero-order chi connectivity index (χ0) is 20.4. The van der Waals surface area contributed by atoms with Crippen molar-refractivity contribution in [1.29, 1.82) is 0 Å². The zero-order valence-corrected chi connectivity index (χ0v) is 17.9. The van der Waals surface area contributed by atoms with Gasteiger partial charge in [0.1, 0.15) is 6.33 Å². The SMILES string of the molecule is C/C=C(/c1ccc2ncnc(CC3CCN(C)CC3)c2c1)c1cc(C)cnc1C. The van der Waals surface area contributed by atoms with Crippen LogP contribution in [0, 0.1) is 19.8 Å². The van der Waals surface area contributed by atoms with Gasteiger partial charge in [-0.25, -0.2) is 9.97 Å². The molecule has 0 saturated carbocycles. The molecule has 0 atom stereocenters. The summed E-state index contributed by atoms with van der Waals surface area (Å²) in [5.74, 6) is 0.706. The summed E-state index contributed by atoms with van der Waals surface area (Å²) < 4.78 is 0. The first-order chi connectivity index (χ1) is 14.0. The van der Waals surface area contributed by atoms with Crippen molar-refractivity contribution in [2.45, 2.75) is 40.0 Å². The van der Waals surface area contributed by atoms with Crippen molar-refractivity contribution in [2.75, 3.05) is 20.1 Å². The number of hydrogen-bond donors (Lipinski definition) is 0. The number of nitrogens with zero attached hydrogens (tertiary/aromatic N) is 4. The molecule has 150 valence electrons. The van der Waals surface area contributed by atoms with Crippen LogP contribution in [0.5, 0.6) is 0 Å². The molecule has 0 bridgehead atoms. The van der Waals surface area contributed by atoms with E-state index in [1.807, 2.05) is 6.20 Å². The van der Waals surface area contributed by atoms with Gasteiger partial charge in [-0.05, 0) is 101 Å². The Morgan fingerprint density at radius 3 is 2.66 bits per heavy atom. The average Bonchev–Trinajstić information content (AvgIpc) is 2.73. The zero-order valence-electron chi connectivity index (χ0n) is 17.9. The molecule has 29 heavy (non-hydrogen) atoms. The van der Waals surface area contributed by atoms with Crippen LogP contribution in [0.15, 0.2) is 42.9 Å². The van der Waals surface area contributed by atoms with Gasteiger partial charge in [0.2, 0.25) is 0 Å². The van der Waals surface area contributed by atoms with Crippen molar-refractivity contribution in [1.82, 2.24) is 19.9 Å². The Morgan fingerprint density at radius 1 is 1.10 bits per heavy atom. The first-order valence-corrected chi connectivity index (χ1v) is 10.6. The first-order valence-electron chi connectivity index (χ1n) is 10.6. The molecule has 4 heteroatoms. The van der Waals surface area contributed by atoms with E-state index in [2.05, 4.69) is 73.0 Å². The number of fused-ring (bicyclic) bond motifs is 1. The quantitative estimate of drug-likeness (QED) is 0.634. The number of allylic oxidation sites excluding steroid dienone is 1. The summed E-state index contributed by atoms with van der Waals surface area (Å²) in [6, 6.07) is 8.80. The predicted molar refractivity (Wildman–Crippen MR) is 120 cm³/mol. The van der Waals surface area contributed by atoms with Crippen LogP contribution in [0.25, 0.3) is 16.5 Å². The Hall–Kier alpha value is -2.59. The van der Waals surface area contributed by atoms with Crippen molar-refractivity contribution >= 4 is 16.5 Å². The largest absolute Gasteiger partial charge is 0.306 e. The van der Waals surface area contributed by atoms with E-state index >= 15 is 0 Å². The Kier molecular flexibility index (Phi) is 5.72. The van der Waals surface area contributed by atoms with Crippen LogP contribution >= 0.6 is 0 Å². The molecule has 1 fully saturated rings. The molecule has 1 saturated heterocycles. The third-order valence-electron chi connectivity index (χ3n) is 6.15. The highest BCUT2D eigenvalue weighted by Gasteiger charge is 2.19. The van der Waals surface area contributed by atoms with Crippen LogP contribution in [0.2, 0.25) is 0 Å². The van der Waals surface area contributed by atoms with Crippen molar-refractivity contribution in [2.24, 2.45) is 5.92 Å². The number of aromatic nitrogens is 3. The van der Waals surface area contributed by atoms with E-state index in [4.69, 9.17) is 4.98 Å². The summed E-state index contributed by atoms with van der Waals surface area (Å²) in [7, 11) is 2.21. The fraction of sp³-hybridized carbons (Fsp3) is 0.400. The van der Waals surface area contributed by atoms with Crippen LogP contribution < -0.4 is 0 Å². The number of benzene rings is 1. The van der Waals surface area contributed by atoms with E-state index in [0.29, 0.717) is 5.92 Å². The molecule has 3 heterocycles. The second-order valence-electron chi connectivity index (χ2n) is 8.35. The van der Waals surface area contributed by atoms with Gasteiger partial charge in [0.15, 0.2) is 0 Å². The lowest BCUT2D eigenvalue weighted by molar-refractivity contribution is 0.218. The van der Waals surface area contributed by atoms with Crippen LogP contribution in [0.3, 0.4) is 0 Å². The van der Waals surface area contributed by atoms with E-state index < -0.39 is 0 Å². The fourth-order valence-corrected chi connectivity index (χ4v) is 4.37. The third-order valence-corrected chi connectivity index (χ3v) is 6.15. The summed E-state index contributed by atoms with van der Waals surface area (Å²) in [4.78, 5) is 16.2. The predicted octanol–water partition coefficient (Wildman–Crippen LogP) is 4.98. The van der Waals surface area contributed by atoms with Gasteiger partial charge in [0.25, 0.3) is 0 Å². The lowest BCUT2D eigenvalue weighted by atomic mass is 9.90. The highest BCUT2D eigenvalue weighted by atomic mass is 15.1. The molecule has 0 unspecified atom stereocenters. The molecule has 4 nitrogen and oxygen atoms in total. The smallest absolute Gasteiger partial charge is 0.116 e. The molecule has 0 radical (unpaired) electrons. The van der Waals surface area contributed by atoms with Gasteiger partial charge in [-0.1, -0.05) is 12.1 Å². The molecule has 0 spiro atoms. The number of pyridine rings is 1. The van der Waals surface area contributed by atoms with E-state index in [1.54, 1.807) is 6.33 Å². The summed E-state index contributed by atoms with van der Waals surface area (Å²) >= 11 is 0. The van der Waals surface area contributed by atoms with Crippen molar-refractivity contribution < 1.29 is 0 Å². The molecule has 4 rings (SSSR count). The van der Waals surface area contributed by atoms with Gasteiger partial charge < -0.3 is 4.90 Å². The van der Waals surface area contributed by atoms with Crippen molar-refractivity contribution in [3.8, 4) is 0 Å². The second kappa shape index (κ2) is 8.42. The van der Waals surface area contributed by atoms with Gasteiger partial charge in [-0.3, -0.25) is 4.98 Å². The van der Waals surface area contributed by atoms with Gasteiger partial charge in [-0.2, -0.15) is 0 Å². The molecule has 1 aromatic carbocycles. The van der Waals surface area contributed by atoms with Crippen LogP contribution in [0.1, 0.15) is 47.8 Å². The van der Waals surface area contributed by atoms with E-state index in [0.717, 1.165) is 17.6 Å². The number of likely N-dealkylation sites (tertiary alicyclic amines) is 1. The number of piperidine rings is 1. The molecule has 0 aliphatic carbocycles. The number of aryl methyl sites for hydroxylation is 2. The Bertz CT molecular complexity index is 1050. The Labute approximate surface area is 173 Å². The monoisotopic (exact) mass is 386 g/mol. The summed E-state index contributed by atoms with van der Waals surface area (Å²) in [6.07, 6.45) is 9.36. The standard InChI is InChI=1S/C25H30N4/c1-5-21(22-12-17(2)15-26-18(22)3)20-6-7-24-23(14-20)25(28-16-27-24)13-19-8-10-29(4)11-9-19/h5-7,12,14-16,19H,8-11,13H2,1-4H3/b21-5-. The summed E-state index contributed by atoms with van der Waals surface area (Å²) in [6.45, 7) is 8.63. The van der Waals surface area contributed by atoms with Gasteiger partial charge in [0, 0.05) is 22.8 Å². The van der Waals surface area contributed by atoms with E-state index in [9.17, 15) is 0 Å². The molecular formula is C25H30N4. The Morgan fingerprint density at radius 2 is 1.90 bits per heavy atom. The molecule has 3 aromatic rings. The maximum Gasteiger partial charge on any atom is 0.116 e. The highest BCUT2D eigenvalue weighted by molar-refractivity contribution is 5.89. The van der Waals surface area contributed by atoms with Gasteiger partial charge in [-0.15, -0.1) is 0 Å². The first kappa shape index (κ1) is 19.7. The summed E-state index contributed by atoms with van der Waals surface area (Å²) in [5, 5.41) is 1.18. The molecule has 1 aliphatic rings. The van der Waals surface area contributed by atoms with Crippen LogP contribution in [-0.2, 0) is 6.42 Å². The number of hydrogen-bond acceptors (Lipinski definition) is 4.